The number of carboxylic acids is 1. The molecule has 0 aliphatic heterocycles. The van der Waals surface area contributed by atoms with E-state index in [0.717, 1.165) is 0 Å². The third kappa shape index (κ3) is 2.66. The number of amides is 1. The summed E-state index contributed by atoms with van der Waals surface area (Å²) >= 11 is 0. The molecule has 2 aromatic carbocycles. The Morgan fingerprint density at radius 1 is 1.05 bits per heavy atom. The zero-order chi connectivity index (χ0) is 14.7. The fourth-order valence-corrected chi connectivity index (χ4v) is 1.84. The van der Waals surface area contributed by atoms with Gasteiger partial charge in [0.05, 0.1) is 16.8 Å². The summed E-state index contributed by atoms with van der Waals surface area (Å²) in [5.41, 5.74) is 0.602. The van der Waals surface area contributed by atoms with E-state index < -0.39 is 17.7 Å². The van der Waals surface area contributed by atoms with Gasteiger partial charge in [0.25, 0.3) is 5.91 Å². The number of hydrogen-bond donors (Lipinski definition) is 2. The van der Waals surface area contributed by atoms with Crippen molar-refractivity contribution in [3.63, 3.8) is 0 Å². The van der Waals surface area contributed by atoms with Gasteiger partial charge < -0.3 is 10.4 Å². The van der Waals surface area contributed by atoms with Crippen LogP contribution < -0.4 is 5.32 Å². The van der Waals surface area contributed by atoms with E-state index in [9.17, 15) is 14.0 Å². The van der Waals surface area contributed by atoms with E-state index in [2.05, 4.69) is 5.32 Å². The van der Waals surface area contributed by atoms with Crippen molar-refractivity contribution in [3.05, 3.63) is 65.0 Å². The summed E-state index contributed by atoms with van der Waals surface area (Å²) in [6.45, 7) is 1.67. The summed E-state index contributed by atoms with van der Waals surface area (Å²) < 4.78 is 13.5. The first-order valence-electron chi connectivity index (χ1n) is 5.89. The number of carbonyl (C=O) groups excluding carboxylic acids is 1. The number of carboxylic acid groups (broad SMARTS) is 1. The van der Waals surface area contributed by atoms with Crippen LogP contribution in [0.3, 0.4) is 0 Å². The number of aryl methyl sites for hydroxylation is 1. The molecule has 0 fully saturated rings. The molecule has 2 rings (SSSR count). The molecule has 0 saturated carbocycles. The lowest BCUT2D eigenvalue weighted by molar-refractivity contribution is 0.0698. The molecule has 0 aliphatic carbocycles. The second-order valence-corrected chi connectivity index (χ2v) is 4.24. The molecule has 4 nitrogen and oxygen atoms in total. The number of aromatic carboxylic acids is 1. The van der Waals surface area contributed by atoms with Crippen LogP contribution in [0.2, 0.25) is 0 Å². The van der Waals surface area contributed by atoms with E-state index in [-0.39, 0.29) is 16.8 Å². The van der Waals surface area contributed by atoms with Crippen LogP contribution in [0.15, 0.2) is 42.5 Å². The fourth-order valence-electron chi connectivity index (χ4n) is 1.84. The van der Waals surface area contributed by atoms with E-state index in [1.54, 1.807) is 19.1 Å². The molecule has 2 aromatic rings. The van der Waals surface area contributed by atoms with Gasteiger partial charge in [-0.1, -0.05) is 24.3 Å². The summed E-state index contributed by atoms with van der Waals surface area (Å²) in [5, 5.41) is 11.6. The molecule has 0 heterocycles. The van der Waals surface area contributed by atoms with Gasteiger partial charge in [-0.25, -0.2) is 9.18 Å². The molecule has 2 N–H and O–H groups in total. The molecule has 20 heavy (non-hydrogen) atoms. The third-order valence-electron chi connectivity index (χ3n) is 2.86. The van der Waals surface area contributed by atoms with Crippen molar-refractivity contribution in [3.8, 4) is 0 Å². The minimum absolute atomic E-state index is 0.0327. The number of carbonyl (C=O) groups is 2. The molecule has 102 valence electrons. The standard InChI is InChI=1S/C15H12FNO3/c1-9-5-4-7-11(15(19)20)13(9)17-14(18)10-6-2-3-8-12(10)16/h2-8H,1H3,(H,17,18)(H,19,20). The quantitative estimate of drug-likeness (QED) is 0.903. The SMILES string of the molecule is Cc1cccc(C(=O)O)c1NC(=O)c1ccccc1F. The van der Waals surface area contributed by atoms with Crippen LogP contribution in [0.5, 0.6) is 0 Å². The Balaban J connectivity index is 2.38. The topological polar surface area (TPSA) is 66.4 Å². The van der Waals surface area contributed by atoms with Gasteiger partial charge in [-0.05, 0) is 30.7 Å². The van der Waals surface area contributed by atoms with E-state index in [4.69, 9.17) is 5.11 Å². The first kappa shape index (κ1) is 13.7. The van der Waals surface area contributed by atoms with E-state index in [1.165, 1.54) is 30.3 Å². The predicted octanol–water partition coefficient (Wildman–Crippen LogP) is 3.08. The van der Waals surface area contributed by atoms with Crippen molar-refractivity contribution < 1.29 is 19.1 Å². The molecule has 0 saturated heterocycles. The van der Waals surface area contributed by atoms with Crippen molar-refractivity contribution in [2.75, 3.05) is 5.32 Å². The third-order valence-corrected chi connectivity index (χ3v) is 2.86. The number of hydrogen-bond acceptors (Lipinski definition) is 2. The molecule has 0 radical (unpaired) electrons. The summed E-state index contributed by atoms with van der Waals surface area (Å²) in [7, 11) is 0. The zero-order valence-corrected chi connectivity index (χ0v) is 10.7. The van der Waals surface area contributed by atoms with Crippen molar-refractivity contribution in [2.45, 2.75) is 6.92 Å². The lowest BCUT2D eigenvalue weighted by Gasteiger charge is -2.11. The smallest absolute Gasteiger partial charge is 0.337 e. The highest BCUT2D eigenvalue weighted by Gasteiger charge is 2.17. The highest BCUT2D eigenvalue weighted by atomic mass is 19.1. The summed E-state index contributed by atoms with van der Waals surface area (Å²) in [6, 6.07) is 10.2. The molecule has 0 aliphatic rings. The average molecular weight is 273 g/mol. The second-order valence-electron chi connectivity index (χ2n) is 4.24. The van der Waals surface area contributed by atoms with Gasteiger partial charge in [0, 0.05) is 0 Å². The number of nitrogens with one attached hydrogen (secondary N) is 1. The lowest BCUT2D eigenvalue weighted by atomic mass is 10.1. The molecular weight excluding hydrogens is 261 g/mol. The van der Waals surface area contributed by atoms with E-state index in [1.807, 2.05) is 0 Å². The molecule has 5 heteroatoms. The second kappa shape index (κ2) is 5.52. The number of benzene rings is 2. The molecule has 0 unspecified atom stereocenters. The van der Waals surface area contributed by atoms with Gasteiger partial charge in [0.2, 0.25) is 0 Å². The Bertz CT molecular complexity index is 683. The predicted molar refractivity (Wildman–Crippen MR) is 72.5 cm³/mol. The van der Waals surface area contributed by atoms with Crippen LogP contribution in [-0.4, -0.2) is 17.0 Å². The molecular formula is C15H12FNO3. The van der Waals surface area contributed by atoms with Gasteiger partial charge in [0.1, 0.15) is 5.82 Å². The summed E-state index contributed by atoms with van der Waals surface area (Å²) in [5.74, 6) is -2.49. The first-order chi connectivity index (χ1) is 9.50. The van der Waals surface area contributed by atoms with Gasteiger partial charge in [-0.15, -0.1) is 0 Å². The van der Waals surface area contributed by atoms with Crippen LogP contribution >= 0.6 is 0 Å². The highest BCUT2D eigenvalue weighted by Crippen LogP contribution is 2.21. The first-order valence-corrected chi connectivity index (χ1v) is 5.89. The zero-order valence-electron chi connectivity index (χ0n) is 10.7. The summed E-state index contributed by atoms with van der Waals surface area (Å²) in [4.78, 5) is 23.2. The maximum absolute atomic E-state index is 13.5. The fraction of sp³-hybridized carbons (Fsp3) is 0.0667. The minimum Gasteiger partial charge on any atom is -0.478 e. The average Bonchev–Trinajstić information content (AvgIpc) is 2.41. The molecule has 1 amide bonds. The summed E-state index contributed by atoms with van der Waals surface area (Å²) in [6.07, 6.45) is 0. The molecule has 0 aromatic heterocycles. The monoisotopic (exact) mass is 273 g/mol. The van der Waals surface area contributed by atoms with Crippen LogP contribution in [0.25, 0.3) is 0 Å². The van der Waals surface area contributed by atoms with E-state index >= 15 is 0 Å². The number of rotatable bonds is 3. The van der Waals surface area contributed by atoms with Crippen LogP contribution in [0.4, 0.5) is 10.1 Å². The van der Waals surface area contributed by atoms with Gasteiger partial charge in [0.15, 0.2) is 0 Å². The Hall–Kier alpha value is -2.69. The van der Waals surface area contributed by atoms with Crippen LogP contribution in [0, 0.1) is 12.7 Å². The number of halogens is 1. The van der Waals surface area contributed by atoms with Crippen molar-refractivity contribution in [2.24, 2.45) is 0 Å². The normalized spacial score (nSPS) is 10.1. The maximum atomic E-state index is 13.5. The Labute approximate surface area is 114 Å². The van der Waals surface area contributed by atoms with Crippen molar-refractivity contribution >= 4 is 17.6 Å². The van der Waals surface area contributed by atoms with Gasteiger partial charge in [-0.3, -0.25) is 4.79 Å². The van der Waals surface area contributed by atoms with Gasteiger partial charge >= 0.3 is 5.97 Å². The Morgan fingerprint density at radius 2 is 1.70 bits per heavy atom. The maximum Gasteiger partial charge on any atom is 0.337 e. The number of anilines is 1. The highest BCUT2D eigenvalue weighted by molar-refractivity contribution is 6.08. The molecule has 0 spiro atoms. The van der Waals surface area contributed by atoms with E-state index in [0.29, 0.717) is 5.56 Å². The van der Waals surface area contributed by atoms with Crippen LogP contribution in [-0.2, 0) is 0 Å². The van der Waals surface area contributed by atoms with Gasteiger partial charge in [-0.2, -0.15) is 0 Å². The molecule has 0 atom stereocenters. The van der Waals surface area contributed by atoms with Crippen LogP contribution in [0.1, 0.15) is 26.3 Å². The lowest BCUT2D eigenvalue weighted by Crippen LogP contribution is -2.17. The van der Waals surface area contributed by atoms with Crippen molar-refractivity contribution in [1.29, 1.82) is 0 Å². The minimum atomic E-state index is -1.16. The number of para-hydroxylation sites is 1. The largest absolute Gasteiger partial charge is 0.478 e. The Kier molecular flexibility index (Phi) is 3.79. The Morgan fingerprint density at radius 3 is 2.35 bits per heavy atom. The molecule has 0 bridgehead atoms. The van der Waals surface area contributed by atoms with Crippen molar-refractivity contribution in [1.82, 2.24) is 0 Å².